The number of alkyl halides is 3. The molecule has 2 amide bonds. The van der Waals surface area contributed by atoms with E-state index in [4.69, 9.17) is 0 Å². The fourth-order valence-electron chi connectivity index (χ4n) is 4.72. The van der Waals surface area contributed by atoms with E-state index in [0.29, 0.717) is 12.5 Å². The Morgan fingerprint density at radius 3 is 2.42 bits per heavy atom. The van der Waals surface area contributed by atoms with Crippen LogP contribution in [0.5, 0.6) is 0 Å². The lowest BCUT2D eigenvalue weighted by Crippen LogP contribution is -2.38. The first-order valence-corrected chi connectivity index (χ1v) is 11.8. The molecular weight excluding hydrogens is 463 g/mol. The van der Waals surface area contributed by atoms with E-state index >= 15 is 0 Å². The van der Waals surface area contributed by atoms with Crippen LogP contribution < -0.4 is 5.32 Å². The Morgan fingerprint density at radius 2 is 1.69 bits per heavy atom. The van der Waals surface area contributed by atoms with E-state index in [1.54, 1.807) is 4.90 Å². The lowest BCUT2D eigenvalue weighted by atomic mass is 9.97. The van der Waals surface area contributed by atoms with Crippen LogP contribution in [-0.4, -0.2) is 15.5 Å². The second-order valence-electron chi connectivity index (χ2n) is 9.29. The van der Waals surface area contributed by atoms with Crippen molar-refractivity contribution < 1.29 is 18.0 Å². The number of anilines is 1. The normalized spacial score (nSPS) is 15.3. The minimum absolute atomic E-state index is 0.0941. The highest BCUT2D eigenvalue weighted by Gasteiger charge is 2.34. The number of aromatic nitrogens is 1. The van der Waals surface area contributed by atoms with Gasteiger partial charge in [-0.15, -0.1) is 0 Å². The Morgan fingerprint density at radius 1 is 0.944 bits per heavy atom. The number of carbonyl (C=O) groups excluding carboxylic acids is 1. The molecule has 184 valence electrons. The second kappa shape index (κ2) is 9.22. The van der Waals surface area contributed by atoms with Crippen molar-refractivity contribution in [3.05, 3.63) is 119 Å². The maximum atomic E-state index is 13.7. The van der Waals surface area contributed by atoms with Gasteiger partial charge in [0.25, 0.3) is 0 Å². The first-order valence-electron chi connectivity index (χ1n) is 11.8. The van der Waals surface area contributed by atoms with Gasteiger partial charge in [-0.2, -0.15) is 13.2 Å². The van der Waals surface area contributed by atoms with E-state index in [1.807, 2.05) is 54.7 Å². The van der Waals surface area contributed by atoms with Crippen molar-refractivity contribution in [2.24, 2.45) is 0 Å². The van der Waals surface area contributed by atoms with Gasteiger partial charge in [0, 0.05) is 17.6 Å². The molecule has 0 saturated heterocycles. The summed E-state index contributed by atoms with van der Waals surface area (Å²) in [5.74, 6) is 0.363. The topological polar surface area (TPSA) is 37.3 Å². The van der Waals surface area contributed by atoms with E-state index in [9.17, 15) is 18.0 Å². The van der Waals surface area contributed by atoms with Gasteiger partial charge < -0.3 is 14.8 Å². The van der Waals surface area contributed by atoms with Gasteiger partial charge in [0.05, 0.1) is 23.8 Å². The Labute approximate surface area is 208 Å². The molecule has 0 aliphatic carbocycles. The zero-order chi connectivity index (χ0) is 25.4. The smallest absolute Gasteiger partial charge is 0.318 e. The van der Waals surface area contributed by atoms with E-state index in [-0.39, 0.29) is 5.69 Å². The van der Waals surface area contributed by atoms with Gasteiger partial charge in [0.15, 0.2) is 0 Å². The highest BCUT2D eigenvalue weighted by atomic mass is 19.4. The molecule has 1 aliphatic heterocycles. The van der Waals surface area contributed by atoms with Crippen LogP contribution >= 0.6 is 0 Å². The van der Waals surface area contributed by atoms with Crippen molar-refractivity contribution in [3.8, 4) is 5.69 Å². The molecule has 1 aliphatic rings. The Bertz CT molecular complexity index is 1390. The predicted molar refractivity (Wildman–Crippen MR) is 134 cm³/mol. The number of benzene rings is 3. The summed E-state index contributed by atoms with van der Waals surface area (Å²) in [6.45, 7) is 4.54. The van der Waals surface area contributed by atoms with E-state index in [0.717, 1.165) is 34.6 Å². The Hall–Kier alpha value is -4.00. The van der Waals surface area contributed by atoms with Crippen molar-refractivity contribution in [1.29, 1.82) is 0 Å². The number of hydrogen-bond donors (Lipinski definition) is 1. The molecule has 2 heterocycles. The fraction of sp³-hybridized carbons (Fsp3) is 0.207. The average Bonchev–Trinajstić information content (AvgIpc) is 3.28. The number of urea groups is 1. The summed E-state index contributed by atoms with van der Waals surface area (Å²) in [6.07, 6.45) is -2.53. The lowest BCUT2D eigenvalue weighted by molar-refractivity contribution is -0.137. The van der Waals surface area contributed by atoms with Crippen LogP contribution in [0.3, 0.4) is 0 Å². The van der Waals surface area contributed by atoms with Crippen molar-refractivity contribution in [1.82, 2.24) is 9.47 Å². The highest BCUT2D eigenvalue weighted by molar-refractivity contribution is 5.90. The molecular formula is C29H26F3N3O. The quantitative estimate of drug-likeness (QED) is 0.314. The summed E-state index contributed by atoms with van der Waals surface area (Å²) < 4.78 is 41.8. The predicted octanol–water partition coefficient (Wildman–Crippen LogP) is 7.76. The van der Waals surface area contributed by atoms with Crippen LogP contribution in [0.4, 0.5) is 23.7 Å². The monoisotopic (exact) mass is 489 g/mol. The van der Waals surface area contributed by atoms with Crippen LogP contribution in [0.2, 0.25) is 0 Å². The number of rotatable bonds is 3. The molecule has 4 aromatic rings. The van der Waals surface area contributed by atoms with Gasteiger partial charge in [0.1, 0.15) is 0 Å². The van der Waals surface area contributed by atoms with Gasteiger partial charge in [-0.25, -0.2) is 4.79 Å². The lowest BCUT2D eigenvalue weighted by Gasteiger charge is -2.31. The minimum atomic E-state index is -4.50. The SMILES string of the molecule is CC(C)c1ccc(C2c3cccn3-c3ccccc3CN2C(=O)Nc2cccc(C(F)(F)F)c2)cc1. The number of fused-ring (bicyclic) bond motifs is 3. The summed E-state index contributed by atoms with van der Waals surface area (Å²) in [7, 11) is 0. The molecule has 1 atom stereocenters. The number of nitrogens with zero attached hydrogens (tertiary/aromatic N) is 2. The second-order valence-corrected chi connectivity index (χ2v) is 9.29. The standard InChI is InChI=1S/C29H26F3N3O/c1-19(2)20-12-14-21(15-13-20)27-26-11-6-16-34(26)25-10-4-3-7-22(25)18-35(27)28(36)33-24-9-5-8-23(17-24)29(30,31)32/h3-17,19,27H,18H2,1-2H3,(H,33,36). The number of carbonyl (C=O) groups is 1. The van der Waals surface area contributed by atoms with Crippen LogP contribution in [0.1, 0.15) is 53.8 Å². The maximum Gasteiger partial charge on any atom is 0.416 e. The molecule has 1 aromatic heterocycles. The summed E-state index contributed by atoms with van der Waals surface area (Å²) in [5.41, 5.74) is 4.20. The first-order chi connectivity index (χ1) is 17.2. The van der Waals surface area contributed by atoms with Crippen molar-refractivity contribution in [2.75, 3.05) is 5.32 Å². The summed E-state index contributed by atoms with van der Waals surface area (Å²) in [6, 6.07) is 23.7. The molecule has 0 saturated carbocycles. The first kappa shape index (κ1) is 23.7. The van der Waals surface area contributed by atoms with Gasteiger partial charge in [-0.05, 0) is 59.0 Å². The summed E-state index contributed by atoms with van der Waals surface area (Å²) in [5, 5.41) is 2.71. The number of halogens is 3. The maximum absolute atomic E-state index is 13.7. The van der Waals surface area contributed by atoms with Crippen LogP contribution in [0.25, 0.3) is 5.69 Å². The van der Waals surface area contributed by atoms with Crippen LogP contribution in [0, 0.1) is 0 Å². The number of amides is 2. The molecule has 4 nitrogen and oxygen atoms in total. The molecule has 3 aromatic carbocycles. The molecule has 36 heavy (non-hydrogen) atoms. The number of para-hydroxylation sites is 1. The molecule has 1 unspecified atom stereocenters. The molecule has 1 N–H and O–H groups in total. The average molecular weight is 490 g/mol. The highest BCUT2D eigenvalue weighted by Crippen LogP contribution is 2.38. The molecule has 0 spiro atoms. The van der Waals surface area contributed by atoms with Crippen LogP contribution in [-0.2, 0) is 12.7 Å². The van der Waals surface area contributed by atoms with Crippen LogP contribution in [0.15, 0.2) is 91.1 Å². The van der Waals surface area contributed by atoms with Crippen molar-refractivity contribution >= 4 is 11.7 Å². The van der Waals surface area contributed by atoms with E-state index in [2.05, 4.69) is 35.9 Å². The van der Waals surface area contributed by atoms with Crippen molar-refractivity contribution in [2.45, 2.75) is 38.5 Å². The summed E-state index contributed by atoms with van der Waals surface area (Å²) in [4.78, 5) is 15.4. The molecule has 0 bridgehead atoms. The molecule has 7 heteroatoms. The zero-order valence-electron chi connectivity index (χ0n) is 20.0. The summed E-state index contributed by atoms with van der Waals surface area (Å²) >= 11 is 0. The third-order valence-electron chi connectivity index (χ3n) is 6.58. The van der Waals surface area contributed by atoms with E-state index < -0.39 is 23.8 Å². The minimum Gasteiger partial charge on any atom is -0.318 e. The van der Waals surface area contributed by atoms with Gasteiger partial charge in [0.2, 0.25) is 0 Å². The van der Waals surface area contributed by atoms with Crippen molar-refractivity contribution in [3.63, 3.8) is 0 Å². The zero-order valence-corrected chi connectivity index (χ0v) is 20.0. The Kier molecular flexibility index (Phi) is 6.08. The molecule has 0 radical (unpaired) electrons. The van der Waals surface area contributed by atoms with Gasteiger partial charge in [-0.3, -0.25) is 0 Å². The fourth-order valence-corrected chi connectivity index (χ4v) is 4.72. The van der Waals surface area contributed by atoms with Gasteiger partial charge >= 0.3 is 12.2 Å². The largest absolute Gasteiger partial charge is 0.416 e. The van der Waals surface area contributed by atoms with E-state index in [1.165, 1.54) is 17.7 Å². The number of nitrogens with one attached hydrogen (secondary N) is 1. The molecule has 0 fully saturated rings. The Balaban J connectivity index is 1.58. The molecule has 5 rings (SSSR count). The van der Waals surface area contributed by atoms with Gasteiger partial charge in [-0.1, -0.05) is 62.4 Å². The third kappa shape index (κ3) is 4.49. The number of hydrogen-bond acceptors (Lipinski definition) is 1. The third-order valence-corrected chi connectivity index (χ3v) is 6.58.